The zero-order valence-electron chi connectivity index (χ0n) is 13.8. The normalized spacial score (nSPS) is 10.0. The summed E-state index contributed by atoms with van der Waals surface area (Å²) in [7, 11) is 2.59. The van der Waals surface area contributed by atoms with Gasteiger partial charge < -0.3 is 14.2 Å². The van der Waals surface area contributed by atoms with Crippen molar-refractivity contribution in [2.24, 2.45) is 0 Å². The Kier molecular flexibility index (Phi) is 5.33. The van der Waals surface area contributed by atoms with Crippen LogP contribution in [-0.4, -0.2) is 31.1 Å². The van der Waals surface area contributed by atoms with E-state index in [4.69, 9.17) is 9.47 Å². The molecule has 0 radical (unpaired) electrons. The highest BCUT2D eigenvalue weighted by Gasteiger charge is 2.22. The van der Waals surface area contributed by atoms with Crippen LogP contribution in [0.15, 0.2) is 36.4 Å². The molecular weight excluding hydrogens is 330 g/mol. The number of nitro groups is 1. The van der Waals surface area contributed by atoms with Crippen molar-refractivity contribution >= 4 is 17.6 Å². The van der Waals surface area contributed by atoms with E-state index in [1.54, 1.807) is 13.0 Å². The van der Waals surface area contributed by atoms with E-state index in [9.17, 15) is 19.7 Å². The maximum Gasteiger partial charge on any atom is 0.513 e. The average molecular weight is 345 g/mol. The third-order valence-corrected chi connectivity index (χ3v) is 3.44. The minimum Gasteiger partial charge on any atom is -0.497 e. The Labute approximate surface area is 143 Å². The monoisotopic (exact) mass is 345 g/mol. The fraction of sp³-hybridized carbons (Fsp3) is 0.176. The second kappa shape index (κ2) is 7.43. The molecule has 0 N–H and O–H groups in total. The molecule has 8 heteroatoms. The summed E-state index contributed by atoms with van der Waals surface area (Å²) in [5, 5.41) is 10.7. The number of rotatable bonds is 5. The summed E-state index contributed by atoms with van der Waals surface area (Å²) in [5.74, 6) is -0.0716. The highest BCUT2D eigenvalue weighted by molar-refractivity contribution is 6.12. The van der Waals surface area contributed by atoms with E-state index < -0.39 is 16.9 Å². The standard InChI is InChI=1S/C17H15NO7/c1-10-8-13(23-2)9-14(25-17(20)24-3)15(10)16(19)11-4-6-12(7-5-11)18(21)22/h4-9H,1-3H3. The van der Waals surface area contributed by atoms with Crippen molar-refractivity contribution in [1.82, 2.24) is 0 Å². The van der Waals surface area contributed by atoms with Crippen molar-refractivity contribution in [3.05, 3.63) is 63.2 Å². The Morgan fingerprint density at radius 2 is 1.72 bits per heavy atom. The number of benzene rings is 2. The summed E-state index contributed by atoms with van der Waals surface area (Å²) in [6.45, 7) is 1.66. The Bertz CT molecular complexity index is 828. The number of carbonyl (C=O) groups is 2. The van der Waals surface area contributed by atoms with Gasteiger partial charge in [-0.25, -0.2) is 4.79 Å². The molecule has 0 aliphatic carbocycles. The van der Waals surface area contributed by atoms with Crippen LogP contribution in [0.3, 0.4) is 0 Å². The van der Waals surface area contributed by atoms with Crippen molar-refractivity contribution in [3.8, 4) is 11.5 Å². The lowest BCUT2D eigenvalue weighted by Crippen LogP contribution is -2.13. The average Bonchev–Trinajstić information content (AvgIpc) is 2.60. The Morgan fingerprint density at radius 3 is 2.24 bits per heavy atom. The molecule has 0 amide bonds. The molecule has 0 bridgehead atoms. The number of methoxy groups -OCH3 is 2. The van der Waals surface area contributed by atoms with Crippen LogP contribution in [0.2, 0.25) is 0 Å². The Hall–Kier alpha value is -3.42. The molecule has 25 heavy (non-hydrogen) atoms. The molecule has 0 aliphatic heterocycles. The van der Waals surface area contributed by atoms with Gasteiger partial charge in [-0.3, -0.25) is 14.9 Å². The van der Waals surface area contributed by atoms with Gasteiger partial charge in [0.1, 0.15) is 11.5 Å². The van der Waals surface area contributed by atoms with E-state index in [1.165, 1.54) is 37.4 Å². The molecular formula is C17H15NO7. The summed E-state index contributed by atoms with van der Waals surface area (Å²) in [6.07, 6.45) is -0.981. The fourth-order valence-electron chi connectivity index (χ4n) is 2.22. The van der Waals surface area contributed by atoms with Gasteiger partial charge in [0, 0.05) is 23.8 Å². The molecule has 0 atom stereocenters. The van der Waals surface area contributed by atoms with Crippen molar-refractivity contribution in [2.75, 3.05) is 14.2 Å². The van der Waals surface area contributed by atoms with E-state index in [0.29, 0.717) is 11.3 Å². The van der Waals surface area contributed by atoms with Crippen molar-refractivity contribution < 1.29 is 28.7 Å². The fourth-order valence-corrected chi connectivity index (χ4v) is 2.22. The van der Waals surface area contributed by atoms with Gasteiger partial charge in [-0.2, -0.15) is 0 Å². The summed E-state index contributed by atoms with van der Waals surface area (Å²) in [5.41, 5.74) is 0.740. The Morgan fingerprint density at radius 1 is 1.08 bits per heavy atom. The minimum atomic E-state index is -0.981. The summed E-state index contributed by atoms with van der Waals surface area (Å²) in [4.78, 5) is 34.4. The van der Waals surface area contributed by atoms with Gasteiger partial charge in [0.15, 0.2) is 5.78 Å². The number of ether oxygens (including phenoxy) is 3. The molecule has 2 rings (SSSR count). The third-order valence-electron chi connectivity index (χ3n) is 3.44. The molecule has 8 nitrogen and oxygen atoms in total. The second-order valence-corrected chi connectivity index (χ2v) is 5.01. The zero-order chi connectivity index (χ0) is 18.6. The Balaban J connectivity index is 2.50. The van der Waals surface area contributed by atoms with E-state index in [2.05, 4.69) is 4.74 Å². The van der Waals surface area contributed by atoms with Crippen LogP contribution in [0.4, 0.5) is 10.5 Å². The molecule has 0 spiro atoms. The van der Waals surface area contributed by atoms with Crippen LogP contribution < -0.4 is 9.47 Å². The van der Waals surface area contributed by atoms with E-state index in [-0.39, 0.29) is 22.6 Å². The highest BCUT2D eigenvalue weighted by atomic mass is 16.7. The molecule has 2 aromatic carbocycles. The van der Waals surface area contributed by atoms with Crippen LogP contribution >= 0.6 is 0 Å². The molecule has 0 unspecified atom stereocenters. The first kappa shape index (κ1) is 17.9. The van der Waals surface area contributed by atoms with Crippen LogP contribution in [0, 0.1) is 17.0 Å². The summed E-state index contributed by atoms with van der Waals surface area (Å²) < 4.78 is 14.6. The number of non-ortho nitro benzene ring substituents is 1. The van der Waals surface area contributed by atoms with Gasteiger partial charge in [0.05, 0.1) is 24.7 Å². The molecule has 0 heterocycles. The van der Waals surface area contributed by atoms with Crippen molar-refractivity contribution in [2.45, 2.75) is 6.92 Å². The molecule has 130 valence electrons. The van der Waals surface area contributed by atoms with Crippen LogP contribution in [0.25, 0.3) is 0 Å². The van der Waals surface area contributed by atoms with E-state index in [0.717, 1.165) is 7.11 Å². The lowest BCUT2D eigenvalue weighted by molar-refractivity contribution is -0.384. The van der Waals surface area contributed by atoms with Crippen LogP contribution in [0.5, 0.6) is 11.5 Å². The molecule has 0 fully saturated rings. The van der Waals surface area contributed by atoms with Gasteiger partial charge >= 0.3 is 6.16 Å². The summed E-state index contributed by atoms with van der Waals surface area (Å²) >= 11 is 0. The van der Waals surface area contributed by atoms with Crippen molar-refractivity contribution in [3.63, 3.8) is 0 Å². The molecule has 0 saturated heterocycles. The first-order chi connectivity index (χ1) is 11.9. The van der Waals surface area contributed by atoms with Gasteiger partial charge in [0.2, 0.25) is 0 Å². The smallest absolute Gasteiger partial charge is 0.497 e. The quantitative estimate of drug-likeness (QED) is 0.269. The maximum atomic E-state index is 12.8. The maximum absolute atomic E-state index is 12.8. The zero-order valence-corrected chi connectivity index (χ0v) is 13.8. The minimum absolute atomic E-state index is 0.0212. The third kappa shape index (κ3) is 3.92. The van der Waals surface area contributed by atoms with Crippen molar-refractivity contribution in [1.29, 1.82) is 0 Å². The van der Waals surface area contributed by atoms with Gasteiger partial charge in [-0.1, -0.05) is 0 Å². The predicted molar refractivity (Wildman–Crippen MR) is 87.3 cm³/mol. The van der Waals surface area contributed by atoms with Gasteiger partial charge in [0.25, 0.3) is 5.69 Å². The molecule has 0 aromatic heterocycles. The van der Waals surface area contributed by atoms with Gasteiger partial charge in [-0.05, 0) is 30.7 Å². The number of aryl methyl sites for hydroxylation is 1. The first-order valence-electron chi connectivity index (χ1n) is 7.11. The van der Waals surface area contributed by atoms with Crippen LogP contribution in [0.1, 0.15) is 21.5 Å². The number of hydrogen-bond acceptors (Lipinski definition) is 7. The molecule has 0 saturated carbocycles. The molecule has 0 aliphatic rings. The number of hydrogen-bond donors (Lipinski definition) is 0. The number of nitro benzene ring substituents is 1. The largest absolute Gasteiger partial charge is 0.513 e. The van der Waals surface area contributed by atoms with Crippen LogP contribution in [-0.2, 0) is 4.74 Å². The predicted octanol–water partition coefficient (Wildman–Crippen LogP) is 3.29. The lowest BCUT2D eigenvalue weighted by atomic mass is 9.97. The summed E-state index contributed by atoms with van der Waals surface area (Å²) in [6, 6.07) is 8.14. The van der Waals surface area contributed by atoms with E-state index >= 15 is 0 Å². The first-order valence-corrected chi connectivity index (χ1v) is 7.11. The van der Waals surface area contributed by atoms with Gasteiger partial charge in [-0.15, -0.1) is 0 Å². The van der Waals surface area contributed by atoms with E-state index in [1.807, 2.05) is 0 Å². The SMILES string of the molecule is COC(=O)Oc1cc(OC)cc(C)c1C(=O)c1ccc([N+](=O)[O-])cc1. The number of ketones is 1. The number of carbonyl (C=O) groups excluding carboxylic acids is 2. The lowest BCUT2D eigenvalue weighted by Gasteiger charge is -2.13. The number of nitrogens with zero attached hydrogens (tertiary/aromatic N) is 1. The highest BCUT2D eigenvalue weighted by Crippen LogP contribution is 2.31. The molecule has 2 aromatic rings. The topological polar surface area (TPSA) is 105 Å². The second-order valence-electron chi connectivity index (χ2n) is 5.01.